The number of anilines is 1. The lowest BCUT2D eigenvalue weighted by Crippen LogP contribution is -2.20. The lowest BCUT2D eigenvalue weighted by molar-refractivity contribution is -0.119. The lowest BCUT2D eigenvalue weighted by atomic mass is 10.1. The fourth-order valence-electron chi connectivity index (χ4n) is 2.81. The average molecular weight is 390 g/mol. The van der Waals surface area contributed by atoms with Crippen molar-refractivity contribution < 1.29 is 23.2 Å². The lowest BCUT2D eigenvalue weighted by Gasteiger charge is -2.07. The SMILES string of the molecule is O=C(COC(=O)c1ccc2noc(-c3ccccc3)c2c1)Nc1ccc(F)cc1. The first-order valence-corrected chi connectivity index (χ1v) is 8.77. The molecular formula is C22H15FN2O4. The number of nitrogens with one attached hydrogen (secondary N) is 1. The maximum atomic E-state index is 12.9. The standard InChI is InChI=1S/C22H15FN2O4/c23-16-7-9-17(10-8-16)24-20(26)13-28-22(27)15-6-11-19-18(12-15)21(29-25-19)14-4-2-1-3-5-14/h1-12H,13H2,(H,24,26). The van der Waals surface area contributed by atoms with E-state index in [9.17, 15) is 14.0 Å². The average Bonchev–Trinajstić information content (AvgIpc) is 3.17. The summed E-state index contributed by atoms with van der Waals surface area (Å²) < 4.78 is 23.4. The molecule has 7 heteroatoms. The van der Waals surface area contributed by atoms with Crippen LogP contribution >= 0.6 is 0 Å². The van der Waals surface area contributed by atoms with Crippen molar-refractivity contribution in [3.05, 3.63) is 84.2 Å². The number of hydrogen-bond donors (Lipinski definition) is 1. The second kappa shape index (κ2) is 7.93. The van der Waals surface area contributed by atoms with Crippen LogP contribution in [0.1, 0.15) is 10.4 Å². The van der Waals surface area contributed by atoms with Crippen molar-refractivity contribution in [1.82, 2.24) is 5.16 Å². The van der Waals surface area contributed by atoms with E-state index in [0.29, 0.717) is 22.4 Å². The summed E-state index contributed by atoms with van der Waals surface area (Å²) in [6.45, 7) is -0.469. The summed E-state index contributed by atoms with van der Waals surface area (Å²) in [7, 11) is 0. The molecule has 0 unspecified atom stereocenters. The highest BCUT2D eigenvalue weighted by atomic mass is 19.1. The highest BCUT2D eigenvalue weighted by Gasteiger charge is 2.15. The molecule has 0 aliphatic heterocycles. The molecule has 6 nitrogen and oxygen atoms in total. The second-order valence-electron chi connectivity index (χ2n) is 6.24. The molecule has 0 fully saturated rings. The molecule has 1 N–H and O–H groups in total. The van der Waals surface area contributed by atoms with E-state index in [4.69, 9.17) is 9.26 Å². The Balaban J connectivity index is 1.46. The molecule has 0 aliphatic carbocycles. The van der Waals surface area contributed by atoms with Crippen LogP contribution in [-0.2, 0) is 9.53 Å². The molecule has 0 saturated heterocycles. The van der Waals surface area contributed by atoms with Gasteiger partial charge in [-0.25, -0.2) is 9.18 Å². The van der Waals surface area contributed by atoms with Crippen LogP contribution in [0.4, 0.5) is 10.1 Å². The zero-order chi connectivity index (χ0) is 20.2. The monoisotopic (exact) mass is 390 g/mol. The summed E-state index contributed by atoms with van der Waals surface area (Å²) in [6.07, 6.45) is 0. The predicted octanol–water partition coefficient (Wildman–Crippen LogP) is 4.43. The minimum absolute atomic E-state index is 0.271. The molecule has 4 rings (SSSR count). The molecule has 1 heterocycles. The predicted molar refractivity (Wildman–Crippen MR) is 105 cm³/mol. The van der Waals surface area contributed by atoms with E-state index in [2.05, 4.69) is 10.5 Å². The van der Waals surface area contributed by atoms with Gasteiger partial charge in [-0.15, -0.1) is 0 Å². The number of hydrogen-bond acceptors (Lipinski definition) is 5. The first-order chi connectivity index (χ1) is 14.1. The number of fused-ring (bicyclic) bond motifs is 1. The van der Waals surface area contributed by atoms with Crippen molar-refractivity contribution in [3.63, 3.8) is 0 Å². The molecular weight excluding hydrogens is 375 g/mol. The van der Waals surface area contributed by atoms with Gasteiger partial charge in [0.25, 0.3) is 5.91 Å². The van der Waals surface area contributed by atoms with Gasteiger partial charge in [0.1, 0.15) is 11.3 Å². The third kappa shape index (κ3) is 4.14. The first-order valence-electron chi connectivity index (χ1n) is 8.77. The van der Waals surface area contributed by atoms with Gasteiger partial charge in [0.05, 0.1) is 10.9 Å². The topological polar surface area (TPSA) is 81.4 Å². The number of amides is 1. The van der Waals surface area contributed by atoms with Crippen molar-refractivity contribution >= 4 is 28.5 Å². The largest absolute Gasteiger partial charge is 0.452 e. The number of rotatable bonds is 5. The molecule has 144 valence electrons. The third-order valence-electron chi connectivity index (χ3n) is 4.21. The molecule has 0 radical (unpaired) electrons. The molecule has 0 bridgehead atoms. The normalized spacial score (nSPS) is 10.7. The molecule has 29 heavy (non-hydrogen) atoms. The Hall–Kier alpha value is -4.00. The van der Waals surface area contributed by atoms with E-state index in [-0.39, 0.29) is 5.56 Å². The Bertz CT molecular complexity index is 1170. The second-order valence-corrected chi connectivity index (χ2v) is 6.24. The summed E-state index contributed by atoms with van der Waals surface area (Å²) in [5, 5.41) is 7.20. The van der Waals surface area contributed by atoms with Gasteiger partial charge >= 0.3 is 5.97 Å². The molecule has 1 aromatic heterocycles. The summed E-state index contributed by atoms with van der Waals surface area (Å²) in [4.78, 5) is 24.3. The smallest absolute Gasteiger partial charge is 0.338 e. The zero-order valence-corrected chi connectivity index (χ0v) is 15.1. The van der Waals surface area contributed by atoms with Crippen LogP contribution in [0.25, 0.3) is 22.2 Å². The van der Waals surface area contributed by atoms with Gasteiger partial charge in [-0.05, 0) is 42.5 Å². The van der Waals surface area contributed by atoms with Gasteiger partial charge in [0.15, 0.2) is 12.4 Å². The van der Waals surface area contributed by atoms with Gasteiger partial charge in [-0.3, -0.25) is 4.79 Å². The number of halogens is 1. The molecule has 3 aromatic carbocycles. The van der Waals surface area contributed by atoms with Crippen LogP contribution in [0.5, 0.6) is 0 Å². The molecule has 0 spiro atoms. The van der Waals surface area contributed by atoms with E-state index in [1.807, 2.05) is 30.3 Å². The molecule has 0 atom stereocenters. The first kappa shape index (κ1) is 18.4. The maximum absolute atomic E-state index is 12.9. The number of nitrogens with zero attached hydrogens (tertiary/aromatic N) is 1. The third-order valence-corrected chi connectivity index (χ3v) is 4.21. The Morgan fingerprint density at radius 2 is 1.76 bits per heavy atom. The van der Waals surface area contributed by atoms with Gasteiger partial charge in [0, 0.05) is 11.3 Å². The molecule has 0 aliphatic rings. The van der Waals surface area contributed by atoms with Crippen molar-refractivity contribution in [1.29, 1.82) is 0 Å². The molecule has 1 amide bonds. The van der Waals surface area contributed by atoms with E-state index >= 15 is 0 Å². The highest BCUT2D eigenvalue weighted by molar-refractivity contribution is 6.00. The van der Waals surface area contributed by atoms with Crippen LogP contribution in [0.2, 0.25) is 0 Å². The number of carbonyl (C=O) groups is 2. The Kier molecular flexibility index (Phi) is 5.03. The van der Waals surface area contributed by atoms with Crippen LogP contribution in [0.3, 0.4) is 0 Å². The van der Waals surface area contributed by atoms with Crippen molar-refractivity contribution in [2.75, 3.05) is 11.9 Å². The fourth-order valence-corrected chi connectivity index (χ4v) is 2.81. The maximum Gasteiger partial charge on any atom is 0.338 e. The van der Waals surface area contributed by atoms with Crippen molar-refractivity contribution in [2.45, 2.75) is 0 Å². The van der Waals surface area contributed by atoms with Gasteiger partial charge in [-0.2, -0.15) is 0 Å². The fraction of sp³-hybridized carbons (Fsp3) is 0.0455. The van der Waals surface area contributed by atoms with Crippen LogP contribution in [0.15, 0.2) is 77.3 Å². The highest BCUT2D eigenvalue weighted by Crippen LogP contribution is 2.29. The van der Waals surface area contributed by atoms with E-state index in [1.165, 1.54) is 24.3 Å². The van der Waals surface area contributed by atoms with Gasteiger partial charge in [0.2, 0.25) is 0 Å². The zero-order valence-electron chi connectivity index (χ0n) is 15.1. The molecule has 4 aromatic rings. The summed E-state index contributed by atoms with van der Waals surface area (Å²) in [5.41, 5.74) is 2.12. The summed E-state index contributed by atoms with van der Waals surface area (Å²) in [5.74, 6) is -1.04. The number of benzene rings is 3. The van der Waals surface area contributed by atoms with Crippen LogP contribution in [0, 0.1) is 5.82 Å². The number of esters is 1. The van der Waals surface area contributed by atoms with E-state index in [1.54, 1.807) is 18.2 Å². The number of aromatic nitrogens is 1. The quantitative estimate of drug-likeness (QED) is 0.510. The van der Waals surface area contributed by atoms with Gasteiger partial charge in [-0.1, -0.05) is 35.5 Å². The van der Waals surface area contributed by atoms with Crippen molar-refractivity contribution in [3.8, 4) is 11.3 Å². The van der Waals surface area contributed by atoms with Crippen LogP contribution < -0.4 is 5.32 Å². The summed E-state index contributed by atoms with van der Waals surface area (Å²) >= 11 is 0. The number of carbonyl (C=O) groups excluding carboxylic acids is 2. The summed E-state index contributed by atoms with van der Waals surface area (Å²) in [6, 6.07) is 19.5. The minimum atomic E-state index is -0.652. The Morgan fingerprint density at radius 3 is 2.52 bits per heavy atom. The Morgan fingerprint density at radius 1 is 1.00 bits per heavy atom. The Labute approximate surface area is 164 Å². The van der Waals surface area contributed by atoms with Crippen LogP contribution in [-0.4, -0.2) is 23.6 Å². The van der Waals surface area contributed by atoms with Crippen molar-refractivity contribution in [2.24, 2.45) is 0 Å². The molecule has 0 saturated carbocycles. The van der Waals surface area contributed by atoms with Gasteiger partial charge < -0.3 is 14.6 Å². The van der Waals surface area contributed by atoms with E-state index in [0.717, 1.165) is 5.56 Å². The number of ether oxygens (including phenoxy) is 1. The minimum Gasteiger partial charge on any atom is -0.452 e. The van der Waals surface area contributed by atoms with E-state index < -0.39 is 24.3 Å².